The van der Waals surface area contributed by atoms with Crippen LogP contribution < -0.4 is 0 Å². The molecule has 0 amide bonds. The van der Waals surface area contributed by atoms with Gasteiger partial charge in [-0.05, 0) is 12.8 Å². The van der Waals surface area contributed by atoms with E-state index in [0.29, 0.717) is 0 Å². The fourth-order valence-corrected chi connectivity index (χ4v) is 2.63. The molecule has 1 rings (SSSR count). The maximum absolute atomic E-state index is 2.28. The van der Waals surface area contributed by atoms with E-state index in [2.05, 4.69) is 25.6 Å². The zero-order valence-corrected chi connectivity index (χ0v) is 7.21. The van der Waals surface area contributed by atoms with Crippen LogP contribution in [-0.2, 0) is 0 Å². The number of hydrogen-bond donors (Lipinski definition) is 0. The molecule has 2 atom stereocenters. The highest BCUT2D eigenvalue weighted by Crippen LogP contribution is 2.46. The van der Waals surface area contributed by atoms with Crippen LogP contribution in [0.5, 0.6) is 0 Å². The van der Waals surface area contributed by atoms with Gasteiger partial charge in [0.2, 0.25) is 0 Å². The van der Waals surface area contributed by atoms with E-state index >= 15 is 0 Å². The lowest BCUT2D eigenvalue weighted by atomic mass is 10.1. The summed E-state index contributed by atoms with van der Waals surface area (Å²) in [4.78, 5) is 0. The topological polar surface area (TPSA) is 0 Å². The van der Waals surface area contributed by atoms with Crippen LogP contribution in [0, 0.1) is 0 Å². The van der Waals surface area contributed by atoms with E-state index in [-0.39, 0.29) is 0 Å². The highest BCUT2D eigenvalue weighted by Gasteiger charge is 2.35. The molecule has 0 N–H and O–H groups in total. The zero-order chi connectivity index (χ0) is 6.69. The molecule has 0 nitrogen and oxygen atoms in total. The zero-order valence-electron chi connectivity index (χ0n) is 6.39. The van der Waals surface area contributed by atoms with Gasteiger partial charge in [-0.25, -0.2) is 0 Å². The van der Waals surface area contributed by atoms with Gasteiger partial charge in [0.25, 0.3) is 0 Å². The summed E-state index contributed by atoms with van der Waals surface area (Å²) in [5.41, 5.74) is 0. The predicted molar refractivity (Wildman–Crippen MR) is 45.0 cm³/mol. The molecule has 0 aliphatic carbocycles. The first-order chi connectivity index (χ1) is 4.38. The molecular weight excluding hydrogens is 128 g/mol. The number of hydrogen-bond acceptors (Lipinski definition) is 1. The summed E-state index contributed by atoms with van der Waals surface area (Å²) in [6.07, 6.45) is 5.65. The number of rotatable bonds is 4. The van der Waals surface area contributed by atoms with E-state index < -0.39 is 0 Å². The van der Waals surface area contributed by atoms with Gasteiger partial charge < -0.3 is 0 Å². The Morgan fingerprint density at radius 2 is 1.44 bits per heavy atom. The third kappa shape index (κ3) is 2.21. The average molecular weight is 144 g/mol. The smallest absolute Gasteiger partial charge is 0.0169 e. The van der Waals surface area contributed by atoms with Crippen LogP contribution in [0.25, 0.3) is 0 Å². The van der Waals surface area contributed by atoms with Gasteiger partial charge in [0, 0.05) is 10.5 Å². The molecule has 0 aromatic carbocycles. The molecule has 9 heavy (non-hydrogen) atoms. The van der Waals surface area contributed by atoms with Crippen LogP contribution in [0.1, 0.15) is 39.5 Å². The molecule has 0 spiro atoms. The van der Waals surface area contributed by atoms with Gasteiger partial charge in [-0.2, -0.15) is 11.8 Å². The lowest BCUT2D eigenvalue weighted by Gasteiger charge is -1.90. The van der Waals surface area contributed by atoms with Gasteiger partial charge in [0.05, 0.1) is 0 Å². The summed E-state index contributed by atoms with van der Waals surface area (Å²) >= 11 is 2.19. The van der Waals surface area contributed by atoms with Crippen molar-refractivity contribution in [3.8, 4) is 0 Å². The summed E-state index contributed by atoms with van der Waals surface area (Å²) in [6, 6.07) is 0. The largest absolute Gasteiger partial charge is 0.153 e. The van der Waals surface area contributed by atoms with Gasteiger partial charge in [-0.1, -0.05) is 26.7 Å². The molecule has 1 aliphatic rings. The third-order valence-electron chi connectivity index (χ3n) is 1.83. The van der Waals surface area contributed by atoms with Crippen molar-refractivity contribution in [3.05, 3.63) is 0 Å². The molecule has 54 valence electrons. The molecule has 1 saturated heterocycles. The van der Waals surface area contributed by atoms with Crippen LogP contribution >= 0.6 is 11.8 Å². The Kier molecular flexibility index (Phi) is 2.90. The molecule has 0 radical (unpaired) electrons. The maximum Gasteiger partial charge on any atom is 0.0169 e. The SMILES string of the molecule is CCCC1SC1CCC. The molecule has 0 bridgehead atoms. The first-order valence-corrected chi connectivity index (χ1v) is 4.98. The van der Waals surface area contributed by atoms with Crippen molar-refractivity contribution < 1.29 is 0 Å². The van der Waals surface area contributed by atoms with Gasteiger partial charge in [0.1, 0.15) is 0 Å². The monoisotopic (exact) mass is 144 g/mol. The second kappa shape index (κ2) is 3.50. The summed E-state index contributed by atoms with van der Waals surface area (Å²) in [6.45, 7) is 4.56. The van der Waals surface area contributed by atoms with Gasteiger partial charge in [0.15, 0.2) is 0 Å². The molecule has 1 heterocycles. The van der Waals surface area contributed by atoms with Crippen LogP contribution in [0.3, 0.4) is 0 Å². The van der Waals surface area contributed by atoms with Crippen molar-refractivity contribution in [3.63, 3.8) is 0 Å². The van der Waals surface area contributed by atoms with Crippen molar-refractivity contribution in [1.82, 2.24) is 0 Å². The minimum absolute atomic E-state index is 1.05. The lowest BCUT2D eigenvalue weighted by molar-refractivity contribution is 0.712. The van der Waals surface area contributed by atoms with Crippen molar-refractivity contribution in [2.45, 2.75) is 50.0 Å². The van der Waals surface area contributed by atoms with Crippen molar-refractivity contribution in [2.75, 3.05) is 0 Å². The first-order valence-electron chi connectivity index (χ1n) is 4.04. The van der Waals surface area contributed by atoms with Gasteiger partial charge in [-0.15, -0.1) is 0 Å². The summed E-state index contributed by atoms with van der Waals surface area (Å²) in [5.74, 6) is 0. The average Bonchev–Trinajstić information content (AvgIpc) is 2.50. The molecule has 1 aliphatic heterocycles. The summed E-state index contributed by atoms with van der Waals surface area (Å²) in [5, 5.41) is 2.10. The maximum atomic E-state index is 2.28. The van der Waals surface area contributed by atoms with Crippen molar-refractivity contribution in [1.29, 1.82) is 0 Å². The molecular formula is C8H16S. The fraction of sp³-hybridized carbons (Fsp3) is 1.00. The Hall–Kier alpha value is 0.350. The minimum Gasteiger partial charge on any atom is -0.153 e. The predicted octanol–water partition coefficient (Wildman–Crippen LogP) is 3.07. The Bertz CT molecular complexity index is 70.6. The van der Waals surface area contributed by atoms with Crippen molar-refractivity contribution >= 4 is 11.8 Å². The molecule has 0 saturated carbocycles. The van der Waals surface area contributed by atoms with Crippen LogP contribution in [0.2, 0.25) is 0 Å². The second-order valence-electron chi connectivity index (χ2n) is 2.79. The highest BCUT2D eigenvalue weighted by molar-refractivity contribution is 8.07. The van der Waals surface area contributed by atoms with E-state index in [0.717, 1.165) is 10.5 Å². The van der Waals surface area contributed by atoms with Crippen LogP contribution in [0.15, 0.2) is 0 Å². The van der Waals surface area contributed by atoms with Gasteiger partial charge >= 0.3 is 0 Å². The summed E-state index contributed by atoms with van der Waals surface area (Å²) in [7, 11) is 0. The van der Waals surface area contributed by atoms with Crippen molar-refractivity contribution in [2.24, 2.45) is 0 Å². The Balaban J connectivity index is 1.96. The quantitative estimate of drug-likeness (QED) is 0.546. The third-order valence-corrected chi connectivity index (χ3v) is 3.35. The Labute approximate surface area is 62.4 Å². The molecule has 1 fully saturated rings. The minimum atomic E-state index is 1.05. The van der Waals surface area contributed by atoms with E-state index in [1.54, 1.807) is 0 Å². The molecule has 1 heteroatoms. The fourth-order valence-electron chi connectivity index (χ4n) is 1.26. The molecule has 0 aromatic heterocycles. The lowest BCUT2D eigenvalue weighted by Crippen LogP contribution is -1.91. The second-order valence-corrected chi connectivity index (χ2v) is 4.27. The van der Waals surface area contributed by atoms with E-state index in [4.69, 9.17) is 0 Å². The normalized spacial score (nSPS) is 32.7. The molecule has 2 unspecified atom stereocenters. The van der Waals surface area contributed by atoms with Crippen LogP contribution in [-0.4, -0.2) is 10.5 Å². The van der Waals surface area contributed by atoms with Gasteiger partial charge in [-0.3, -0.25) is 0 Å². The number of thioether (sulfide) groups is 1. The Morgan fingerprint density at radius 3 is 1.78 bits per heavy atom. The van der Waals surface area contributed by atoms with E-state index in [1.807, 2.05) is 0 Å². The van der Waals surface area contributed by atoms with E-state index in [1.165, 1.54) is 25.7 Å². The Morgan fingerprint density at radius 1 is 1.00 bits per heavy atom. The highest BCUT2D eigenvalue weighted by atomic mass is 32.2. The van der Waals surface area contributed by atoms with E-state index in [9.17, 15) is 0 Å². The van der Waals surface area contributed by atoms with Crippen LogP contribution in [0.4, 0.5) is 0 Å². The first kappa shape index (κ1) is 7.46. The summed E-state index contributed by atoms with van der Waals surface area (Å²) < 4.78 is 0. The standard InChI is InChI=1S/C8H16S/c1-3-5-7-8(9-7)6-4-2/h7-8H,3-6H2,1-2H3. The molecule has 0 aromatic rings.